The van der Waals surface area contributed by atoms with Gasteiger partial charge in [-0.25, -0.2) is 4.79 Å². The van der Waals surface area contributed by atoms with E-state index in [1.165, 1.54) is 0 Å². The van der Waals surface area contributed by atoms with E-state index in [2.05, 4.69) is 15.9 Å². The molecular weight excluding hydrogens is 468 g/mol. The molecule has 0 unspecified atom stereocenters. The topological polar surface area (TPSA) is 99.1 Å². The largest absolute Gasteiger partial charge is 0.490 e. The SMILES string of the molecule is CCOc1cc(C2C3=C(CCCC3=O)OC3=C2C(=O)CCC3)cc(Br)c1OCC(=O)O. The van der Waals surface area contributed by atoms with Crippen molar-refractivity contribution in [2.75, 3.05) is 13.2 Å². The van der Waals surface area contributed by atoms with Gasteiger partial charge in [-0.05, 0) is 53.4 Å². The van der Waals surface area contributed by atoms with Crippen molar-refractivity contribution in [3.05, 3.63) is 44.8 Å². The highest BCUT2D eigenvalue weighted by atomic mass is 79.9. The van der Waals surface area contributed by atoms with E-state index in [1.54, 1.807) is 12.1 Å². The first-order valence-corrected chi connectivity index (χ1v) is 11.2. The zero-order chi connectivity index (χ0) is 22.1. The minimum Gasteiger partial charge on any atom is -0.490 e. The Morgan fingerprint density at radius 1 is 1.06 bits per heavy atom. The summed E-state index contributed by atoms with van der Waals surface area (Å²) in [6.07, 6.45) is 3.65. The van der Waals surface area contributed by atoms with Crippen molar-refractivity contribution >= 4 is 33.5 Å². The number of carbonyl (C=O) groups excluding carboxylic acids is 2. The predicted octanol–water partition coefficient (Wildman–Crippen LogP) is 4.44. The van der Waals surface area contributed by atoms with Gasteiger partial charge in [-0.15, -0.1) is 0 Å². The average molecular weight is 491 g/mol. The van der Waals surface area contributed by atoms with Gasteiger partial charge < -0.3 is 19.3 Å². The molecular formula is C23H23BrO7. The van der Waals surface area contributed by atoms with E-state index >= 15 is 0 Å². The van der Waals surface area contributed by atoms with Gasteiger partial charge in [0.15, 0.2) is 29.7 Å². The van der Waals surface area contributed by atoms with Gasteiger partial charge in [0.2, 0.25) is 0 Å². The van der Waals surface area contributed by atoms with Crippen molar-refractivity contribution < 1.29 is 33.7 Å². The molecule has 1 aromatic carbocycles. The first-order chi connectivity index (χ1) is 14.9. The van der Waals surface area contributed by atoms with Gasteiger partial charge in [0.05, 0.1) is 11.1 Å². The van der Waals surface area contributed by atoms with Crippen LogP contribution in [0.25, 0.3) is 0 Å². The van der Waals surface area contributed by atoms with Crippen LogP contribution in [-0.4, -0.2) is 35.9 Å². The zero-order valence-electron chi connectivity index (χ0n) is 17.2. The summed E-state index contributed by atoms with van der Waals surface area (Å²) in [5, 5.41) is 8.98. The van der Waals surface area contributed by atoms with Crippen molar-refractivity contribution in [3.63, 3.8) is 0 Å². The summed E-state index contributed by atoms with van der Waals surface area (Å²) < 4.78 is 17.7. The quantitative estimate of drug-likeness (QED) is 0.628. The second-order valence-electron chi connectivity index (χ2n) is 7.71. The van der Waals surface area contributed by atoms with E-state index in [0.29, 0.717) is 70.7 Å². The highest BCUT2D eigenvalue weighted by Gasteiger charge is 2.42. The van der Waals surface area contributed by atoms with Gasteiger partial charge in [-0.3, -0.25) is 9.59 Å². The summed E-state index contributed by atoms with van der Waals surface area (Å²) in [5.74, 6) is 0.318. The van der Waals surface area contributed by atoms with Gasteiger partial charge in [0.1, 0.15) is 11.5 Å². The Labute approximate surface area is 188 Å². The number of ketones is 2. The van der Waals surface area contributed by atoms with Crippen LogP contribution >= 0.6 is 15.9 Å². The third kappa shape index (κ3) is 4.13. The molecule has 0 amide bonds. The molecule has 1 N–H and O–H groups in total. The summed E-state index contributed by atoms with van der Waals surface area (Å²) in [6, 6.07) is 3.51. The Morgan fingerprint density at radius 3 is 2.23 bits per heavy atom. The summed E-state index contributed by atoms with van der Waals surface area (Å²) in [6.45, 7) is 1.64. The summed E-state index contributed by atoms with van der Waals surface area (Å²) in [4.78, 5) is 36.8. The van der Waals surface area contributed by atoms with Crippen LogP contribution in [0.15, 0.2) is 39.3 Å². The smallest absolute Gasteiger partial charge is 0.341 e. The van der Waals surface area contributed by atoms with Gasteiger partial charge in [-0.2, -0.15) is 0 Å². The molecule has 1 aliphatic heterocycles. The molecule has 0 spiro atoms. The van der Waals surface area contributed by atoms with Crippen molar-refractivity contribution in [1.29, 1.82) is 0 Å². The maximum Gasteiger partial charge on any atom is 0.341 e. The van der Waals surface area contributed by atoms with Crippen molar-refractivity contribution in [2.45, 2.75) is 51.4 Å². The van der Waals surface area contributed by atoms with Crippen LogP contribution in [0.2, 0.25) is 0 Å². The first-order valence-electron chi connectivity index (χ1n) is 10.4. The zero-order valence-corrected chi connectivity index (χ0v) is 18.7. The van der Waals surface area contributed by atoms with Crippen LogP contribution < -0.4 is 9.47 Å². The predicted molar refractivity (Wildman–Crippen MR) is 114 cm³/mol. The van der Waals surface area contributed by atoms with Crippen molar-refractivity contribution in [1.82, 2.24) is 0 Å². The Morgan fingerprint density at radius 2 is 1.68 bits per heavy atom. The number of halogens is 1. The van der Waals surface area contributed by atoms with Crippen LogP contribution in [0.1, 0.15) is 56.9 Å². The number of carboxylic acids is 1. The lowest BCUT2D eigenvalue weighted by Crippen LogP contribution is -2.30. The van der Waals surface area contributed by atoms with Crippen LogP contribution in [0.5, 0.6) is 11.5 Å². The highest BCUT2D eigenvalue weighted by molar-refractivity contribution is 9.10. The number of carbonyl (C=O) groups is 3. The van der Waals surface area contributed by atoms with Crippen LogP contribution in [-0.2, 0) is 19.1 Å². The van der Waals surface area contributed by atoms with E-state index in [9.17, 15) is 14.4 Å². The Balaban J connectivity index is 1.86. The molecule has 0 bridgehead atoms. The minimum atomic E-state index is -1.10. The normalized spacial score (nSPS) is 19.0. The molecule has 4 rings (SSSR count). The fourth-order valence-corrected chi connectivity index (χ4v) is 5.02. The number of hydrogen-bond acceptors (Lipinski definition) is 6. The van der Waals surface area contributed by atoms with E-state index < -0.39 is 18.5 Å². The highest BCUT2D eigenvalue weighted by Crippen LogP contribution is 2.50. The lowest BCUT2D eigenvalue weighted by atomic mass is 9.73. The molecule has 0 saturated carbocycles. The number of rotatable bonds is 6. The number of allylic oxidation sites excluding steroid dienone is 4. The van der Waals surface area contributed by atoms with E-state index in [-0.39, 0.29) is 17.3 Å². The van der Waals surface area contributed by atoms with Crippen LogP contribution in [0.3, 0.4) is 0 Å². The molecule has 8 heteroatoms. The third-order valence-electron chi connectivity index (χ3n) is 5.65. The average Bonchev–Trinajstić information content (AvgIpc) is 2.72. The molecule has 0 atom stereocenters. The molecule has 0 radical (unpaired) electrons. The number of carboxylic acid groups (broad SMARTS) is 1. The van der Waals surface area contributed by atoms with E-state index in [0.717, 1.165) is 12.8 Å². The monoisotopic (exact) mass is 490 g/mol. The second kappa shape index (κ2) is 8.86. The second-order valence-corrected chi connectivity index (χ2v) is 8.56. The third-order valence-corrected chi connectivity index (χ3v) is 6.23. The fourth-order valence-electron chi connectivity index (χ4n) is 4.44. The molecule has 164 valence electrons. The number of Topliss-reactive ketones (excluding diaryl/α,β-unsaturated/α-hetero) is 2. The lowest BCUT2D eigenvalue weighted by molar-refractivity contribution is -0.139. The number of aliphatic carboxylic acids is 1. The molecule has 0 aromatic heterocycles. The van der Waals surface area contributed by atoms with Gasteiger partial charge in [0.25, 0.3) is 0 Å². The van der Waals surface area contributed by atoms with Crippen LogP contribution in [0, 0.1) is 0 Å². The van der Waals surface area contributed by atoms with Gasteiger partial charge >= 0.3 is 5.97 Å². The van der Waals surface area contributed by atoms with E-state index in [4.69, 9.17) is 19.3 Å². The molecule has 31 heavy (non-hydrogen) atoms. The first kappa shape index (κ1) is 21.6. The van der Waals surface area contributed by atoms with Crippen molar-refractivity contribution in [2.24, 2.45) is 0 Å². The van der Waals surface area contributed by atoms with Crippen molar-refractivity contribution in [3.8, 4) is 11.5 Å². The number of benzene rings is 1. The standard InChI is InChI=1S/C23H23BrO7/c1-2-29-18-10-12(9-13(24)23(18)30-11-19(27)28)20-21-14(25)5-3-7-16(21)31-17-8-4-6-15(26)22(17)20/h9-10,20H,2-8,11H2,1H3,(H,27,28). The van der Waals surface area contributed by atoms with E-state index in [1.807, 2.05) is 6.92 Å². The molecule has 0 fully saturated rings. The number of ether oxygens (including phenoxy) is 3. The summed E-state index contributed by atoms with van der Waals surface area (Å²) in [7, 11) is 0. The summed E-state index contributed by atoms with van der Waals surface area (Å²) in [5.41, 5.74) is 1.81. The Hall–Kier alpha value is -2.61. The fraction of sp³-hybridized carbons (Fsp3) is 0.435. The van der Waals surface area contributed by atoms with Gasteiger partial charge in [0, 0.05) is 42.7 Å². The molecule has 7 nitrogen and oxygen atoms in total. The molecule has 0 saturated heterocycles. The van der Waals surface area contributed by atoms with Gasteiger partial charge in [-0.1, -0.05) is 0 Å². The Kier molecular flexibility index (Phi) is 6.18. The molecule has 1 heterocycles. The minimum absolute atomic E-state index is 0.00328. The molecule has 3 aliphatic rings. The lowest BCUT2D eigenvalue weighted by Gasteiger charge is -2.36. The summed E-state index contributed by atoms with van der Waals surface area (Å²) >= 11 is 3.46. The Bertz CT molecular complexity index is 979. The number of hydrogen-bond donors (Lipinski definition) is 1. The molecule has 2 aliphatic carbocycles. The maximum absolute atomic E-state index is 12.9. The maximum atomic E-state index is 12.9. The van der Waals surface area contributed by atoms with Crippen LogP contribution in [0.4, 0.5) is 0 Å². The molecule has 1 aromatic rings.